The summed E-state index contributed by atoms with van der Waals surface area (Å²) in [5.74, 6) is 4.60. The molecular weight excluding hydrogens is 868 g/mol. The number of anilines is 6. The molecule has 2 heterocycles. The van der Waals surface area contributed by atoms with Gasteiger partial charge in [0, 0.05) is 34.0 Å². The van der Waals surface area contributed by atoms with E-state index in [1.807, 2.05) is 0 Å². The molecule has 3 heteroatoms. The Balaban J connectivity index is 0.996. The molecule has 15 rings (SSSR count). The maximum absolute atomic E-state index is 2.82. The van der Waals surface area contributed by atoms with Crippen LogP contribution >= 0.6 is 0 Å². The lowest BCUT2D eigenvalue weighted by molar-refractivity contribution is -0.175. The lowest BCUT2D eigenvalue weighted by Gasteiger charge is -2.66. The maximum atomic E-state index is 2.82. The van der Waals surface area contributed by atoms with Gasteiger partial charge in [0.1, 0.15) is 0 Å². The van der Waals surface area contributed by atoms with Crippen LogP contribution in [0.1, 0.15) is 172 Å². The molecular formula is C69H77BN2. The smallest absolute Gasteiger partial charge is 0.252 e. The van der Waals surface area contributed by atoms with Crippen LogP contribution < -0.4 is 26.2 Å². The van der Waals surface area contributed by atoms with E-state index < -0.39 is 0 Å². The van der Waals surface area contributed by atoms with Crippen molar-refractivity contribution in [1.82, 2.24) is 0 Å². The fourth-order valence-corrected chi connectivity index (χ4v) is 19.1. The molecule has 7 aliphatic carbocycles. The third kappa shape index (κ3) is 5.98. The van der Waals surface area contributed by atoms with Crippen LogP contribution in [0.3, 0.4) is 0 Å². The first kappa shape index (κ1) is 44.5. The van der Waals surface area contributed by atoms with Crippen LogP contribution in [0.4, 0.5) is 34.1 Å². The molecule has 6 saturated carbocycles. The van der Waals surface area contributed by atoms with Crippen LogP contribution in [-0.2, 0) is 27.1 Å². The van der Waals surface area contributed by atoms with Gasteiger partial charge in [-0.3, -0.25) is 0 Å². The number of hydrogen-bond acceptors (Lipinski definition) is 2. The normalized spacial score (nSPS) is 31.4. The molecule has 0 aromatic heterocycles. The highest BCUT2D eigenvalue weighted by atomic mass is 15.2. The molecule has 5 unspecified atom stereocenters. The average Bonchev–Trinajstić information content (AvgIpc) is 3.84. The molecule has 4 bridgehead atoms. The summed E-state index contributed by atoms with van der Waals surface area (Å²) in [4.78, 5) is 5.49. The van der Waals surface area contributed by atoms with Crippen molar-refractivity contribution in [3.8, 4) is 11.1 Å². The zero-order chi connectivity index (χ0) is 49.1. The van der Waals surface area contributed by atoms with E-state index in [1.165, 1.54) is 162 Å². The topological polar surface area (TPSA) is 6.48 Å². The summed E-state index contributed by atoms with van der Waals surface area (Å²) in [5.41, 5.74) is 25.5. The van der Waals surface area contributed by atoms with Crippen molar-refractivity contribution in [2.24, 2.45) is 35.0 Å². The Morgan fingerprint density at radius 2 is 1.24 bits per heavy atom. The zero-order valence-corrected chi connectivity index (χ0v) is 45.0. The second-order valence-corrected chi connectivity index (χ2v) is 28.5. The number of aryl methyl sites for hydroxylation is 1. The fourth-order valence-electron chi connectivity index (χ4n) is 19.1. The fraction of sp³-hybridized carbons (Fsp3) is 0.478. The summed E-state index contributed by atoms with van der Waals surface area (Å²) < 4.78 is 0. The maximum Gasteiger partial charge on any atom is 0.252 e. The number of rotatable bonds is 5. The van der Waals surface area contributed by atoms with Gasteiger partial charge in [0.15, 0.2) is 0 Å². The molecule has 6 fully saturated rings. The molecule has 0 amide bonds. The van der Waals surface area contributed by atoms with E-state index in [4.69, 9.17) is 0 Å². The average molecular weight is 945 g/mol. The molecule has 0 radical (unpaired) electrons. The molecule has 72 heavy (non-hydrogen) atoms. The summed E-state index contributed by atoms with van der Waals surface area (Å²) in [6.45, 7) is 22.2. The second kappa shape index (κ2) is 14.6. The quantitative estimate of drug-likeness (QED) is 0.159. The largest absolute Gasteiger partial charge is 0.311 e. The third-order valence-electron chi connectivity index (χ3n) is 22.5. The van der Waals surface area contributed by atoms with Gasteiger partial charge >= 0.3 is 0 Å². The first-order valence-electron chi connectivity index (χ1n) is 28.8. The van der Waals surface area contributed by atoms with E-state index in [9.17, 15) is 0 Å². The third-order valence-corrected chi connectivity index (χ3v) is 22.5. The summed E-state index contributed by atoms with van der Waals surface area (Å²) in [5, 5.41) is 0. The first-order valence-corrected chi connectivity index (χ1v) is 28.8. The number of nitrogens with zero attached hydrogens (tertiary/aromatic N) is 2. The Morgan fingerprint density at radius 1 is 0.569 bits per heavy atom. The Kier molecular flexibility index (Phi) is 9.04. The van der Waals surface area contributed by atoms with Crippen molar-refractivity contribution >= 4 is 57.2 Å². The van der Waals surface area contributed by atoms with Gasteiger partial charge < -0.3 is 9.80 Å². The molecule has 0 saturated heterocycles. The summed E-state index contributed by atoms with van der Waals surface area (Å²) in [6.07, 6.45) is 17.9. The highest BCUT2D eigenvalue weighted by Crippen LogP contribution is 2.84. The van der Waals surface area contributed by atoms with Crippen LogP contribution in [0, 0.1) is 41.9 Å². The molecule has 366 valence electrons. The van der Waals surface area contributed by atoms with Crippen LogP contribution in [0.25, 0.3) is 11.1 Å². The molecule has 0 N–H and O–H groups in total. The van der Waals surface area contributed by atoms with Gasteiger partial charge in [-0.2, -0.15) is 0 Å². The predicted octanol–water partition coefficient (Wildman–Crippen LogP) is 16.3. The van der Waals surface area contributed by atoms with Crippen LogP contribution in [0.2, 0.25) is 0 Å². The highest BCUT2D eigenvalue weighted by Gasteiger charge is 2.77. The van der Waals surface area contributed by atoms with E-state index in [1.54, 1.807) is 16.7 Å². The molecule has 6 aromatic carbocycles. The van der Waals surface area contributed by atoms with Crippen LogP contribution in [-0.4, -0.2) is 6.71 Å². The van der Waals surface area contributed by atoms with E-state index in [0.29, 0.717) is 16.2 Å². The lowest BCUT2D eigenvalue weighted by Crippen LogP contribution is -2.62. The summed E-state index contributed by atoms with van der Waals surface area (Å²) >= 11 is 0. The molecule has 2 nitrogen and oxygen atoms in total. The molecule has 6 aromatic rings. The van der Waals surface area contributed by atoms with Crippen LogP contribution in [0.5, 0.6) is 0 Å². The monoisotopic (exact) mass is 945 g/mol. The van der Waals surface area contributed by atoms with E-state index in [0.717, 1.165) is 29.6 Å². The minimum atomic E-state index is 0.00683. The Labute approximate surface area is 432 Å². The molecule has 1 spiro atoms. The van der Waals surface area contributed by atoms with Crippen LogP contribution in [0.15, 0.2) is 115 Å². The molecule has 2 aliphatic heterocycles. The van der Waals surface area contributed by atoms with Crippen molar-refractivity contribution in [2.45, 2.75) is 173 Å². The standard InChI is InChI=1S/C69H77BN2/c1-42-29-61-63-62(30-42)72(58-23-19-47(64(3,4)5)33-53(58)45-15-11-10-12-16-45)60-36-55-54(65(6,7)26-27-66(55,8)9)35-57(60)70(63)56-34-48(68-39-50-31-49-32-51(40-68)69(49,50)41-68)20-24-59(56)71(61)52-21-17-46(18-22-52)67-25-13-14-44(38-67)28-43(2)37-67/h10-12,15-24,29-30,33-36,43-44,49-51H,13-14,25-28,31-32,37-41H2,1-9H3/t43-,44?,49?,50-,51?,67?,68?,69+/m0/s1. The summed E-state index contributed by atoms with van der Waals surface area (Å²) in [7, 11) is 0. The minimum Gasteiger partial charge on any atom is -0.311 e. The van der Waals surface area contributed by atoms with E-state index in [2.05, 4.69) is 187 Å². The van der Waals surface area contributed by atoms with Gasteiger partial charge in [-0.15, -0.1) is 0 Å². The SMILES string of the molecule is Cc1cc2c3c(c1)N(c1ccc(C(C)(C)C)cc1-c1ccccc1)c1cc4c(cc1B3c1cc(C35CC6CC7C[C@@H](C3)[C@@]76C5)ccc1N2c1ccc(C23CCCC(C[C@H](C)C2)C3)cc1)C(C)(C)CCC4(C)C. The van der Waals surface area contributed by atoms with Gasteiger partial charge in [-0.05, 0) is 243 Å². The van der Waals surface area contributed by atoms with Crippen molar-refractivity contribution in [2.75, 3.05) is 9.80 Å². The zero-order valence-electron chi connectivity index (χ0n) is 45.0. The van der Waals surface area contributed by atoms with Crippen molar-refractivity contribution in [3.63, 3.8) is 0 Å². The van der Waals surface area contributed by atoms with E-state index >= 15 is 0 Å². The first-order chi connectivity index (χ1) is 34.5. The number of benzene rings is 6. The number of hydrogen-bond donors (Lipinski definition) is 0. The summed E-state index contributed by atoms with van der Waals surface area (Å²) in [6, 6.07) is 47.6. The van der Waals surface area contributed by atoms with Gasteiger partial charge in [0.25, 0.3) is 6.71 Å². The van der Waals surface area contributed by atoms with Gasteiger partial charge in [0.05, 0.1) is 5.69 Å². The molecule has 9 aliphatic rings. The van der Waals surface area contributed by atoms with Crippen molar-refractivity contribution < 1.29 is 0 Å². The second-order valence-electron chi connectivity index (χ2n) is 28.5. The van der Waals surface area contributed by atoms with Crippen molar-refractivity contribution in [3.05, 3.63) is 149 Å². The van der Waals surface area contributed by atoms with Gasteiger partial charge in [-0.1, -0.05) is 135 Å². The van der Waals surface area contributed by atoms with E-state index in [-0.39, 0.29) is 23.0 Å². The Hall–Kier alpha value is -5.02. The van der Waals surface area contributed by atoms with Gasteiger partial charge in [-0.25, -0.2) is 0 Å². The Morgan fingerprint density at radius 3 is 1.93 bits per heavy atom. The Bertz CT molecular complexity index is 3240. The van der Waals surface area contributed by atoms with Crippen molar-refractivity contribution in [1.29, 1.82) is 0 Å². The highest BCUT2D eigenvalue weighted by molar-refractivity contribution is 7.00. The van der Waals surface area contributed by atoms with Gasteiger partial charge in [0.2, 0.25) is 0 Å². The molecule has 8 atom stereocenters. The lowest BCUT2D eigenvalue weighted by atomic mass is 9.32. The minimum absolute atomic E-state index is 0.00683. The predicted molar refractivity (Wildman–Crippen MR) is 304 cm³/mol. The number of fused-ring (bicyclic) bond motifs is 8.